The number of carbonyl (C=O) groups is 4. The number of hydroxylamine groups is 2. The van der Waals surface area contributed by atoms with Crippen molar-refractivity contribution < 1.29 is 29.1 Å². The Hall–Kier alpha value is -2.36. The van der Waals surface area contributed by atoms with Gasteiger partial charge >= 0.3 is 12.1 Å². The fourth-order valence-corrected chi connectivity index (χ4v) is 4.09. The lowest BCUT2D eigenvalue weighted by atomic mass is 9.93. The highest BCUT2D eigenvalue weighted by atomic mass is 16.6. The van der Waals surface area contributed by atoms with E-state index in [1.54, 1.807) is 25.7 Å². The van der Waals surface area contributed by atoms with Gasteiger partial charge in [0.25, 0.3) is 0 Å². The first kappa shape index (κ1) is 21.4. The van der Waals surface area contributed by atoms with Crippen LogP contribution in [0.15, 0.2) is 0 Å². The lowest BCUT2D eigenvalue weighted by Gasteiger charge is -2.33. The summed E-state index contributed by atoms with van der Waals surface area (Å²) >= 11 is 0. The van der Waals surface area contributed by atoms with Crippen molar-refractivity contribution in [2.75, 3.05) is 26.2 Å². The maximum absolute atomic E-state index is 12.6. The number of likely N-dealkylation sites (tertiary alicyclic amines) is 1. The highest BCUT2D eigenvalue weighted by molar-refractivity contribution is 5.92. The number of fused-ring (bicyclic) bond motifs is 2. The summed E-state index contributed by atoms with van der Waals surface area (Å²) in [6.07, 6.45) is 1.91. The third-order valence-corrected chi connectivity index (χ3v) is 5.61. The van der Waals surface area contributed by atoms with E-state index in [9.17, 15) is 24.4 Å². The minimum atomic E-state index is -0.673. The summed E-state index contributed by atoms with van der Waals surface area (Å²) in [5.74, 6) is -0.884. The van der Waals surface area contributed by atoms with Crippen molar-refractivity contribution in [2.24, 2.45) is 5.92 Å². The zero-order chi connectivity index (χ0) is 21.3. The van der Waals surface area contributed by atoms with Gasteiger partial charge in [-0.15, -0.1) is 0 Å². The van der Waals surface area contributed by atoms with Gasteiger partial charge in [-0.1, -0.05) is 0 Å². The highest BCUT2D eigenvalue weighted by Gasteiger charge is 2.46. The van der Waals surface area contributed by atoms with Crippen LogP contribution in [-0.4, -0.2) is 87.7 Å². The molecule has 0 unspecified atom stereocenters. The Kier molecular flexibility index (Phi) is 6.02. The first-order chi connectivity index (χ1) is 13.6. The van der Waals surface area contributed by atoms with E-state index in [1.165, 1.54) is 4.90 Å². The van der Waals surface area contributed by atoms with Gasteiger partial charge in [0.2, 0.25) is 5.91 Å². The number of ether oxygens (including phenoxy) is 1. The van der Waals surface area contributed by atoms with Crippen LogP contribution < -0.4 is 5.32 Å². The zero-order valence-electron chi connectivity index (χ0n) is 17.2. The summed E-state index contributed by atoms with van der Waals surface area (Å²) in [5, 5.41) is 13.0. The van der Waals surface area contributed by atoms with Crippen molar-refractivity contribution >= 4 is 23.8 Å². The van der Waals surface area contributed by atoms with Crippen molar-refractivity contribution in [1.29, 1.82) is 0 Å². The van der Waals surface area contributed by atoms with Crippen LogP contribution in [0.25, 0.3) is 0 Å². The molecule has 0 aromatic rings. The molecular formula is C19H30N4O6. The second-order valence-corrected chi connectivity index (χ2v) is 8.98. The maximum atomic E-state index is 12.6. The summed E-state index contributed by atoms with van der Waals surface area (Å²) in [6.45, 7) is 6.37. The van der Waals surface area contributed by atoms with Gasteiger partial charge in [-0.25, -0.2) is 14.7 Å². The number of hydrogen-bond acceptors (Lipinski definition) is 6. The van der Waals surface area contributed by atoms with Crippen molar-refractivity contribution in [3.63, 3.8) is 0 Å². The number of ketones is 1. The number of carbonyl (C=O) groups excluding carboxylic acids is 4. The van der Waals surface area contributed by atoms with Gasteiger partial charge in [-0.05, 0) is 46.5 Å². The van der Waals surface area contributed by atoms with Crippen LogP contribution in [0.4, 0.5) is 9.59 Å². The lowest BCUT2D eigenvalue weighted by molar-refractivity contribution is -0.130. The van der Waals surface area contributed by atoms with E-state index < -0.39 is 23.8 Å². The Morgan fingerprint density at radius 1 is 1.17 bits per heavy atom. The van der Waals surface area contributed by atoms with E-state index >= 15 is 0 Å². The highest BCUT2D eigenvalue weighted by Crippen LogP contribution is 2.28. The number of Topliss-reactive ketones (excluding diaryl/α,β-unsaturated/α-hetero) is 1. The number of nitrogens with one attached hydrogen (secondary N) is 1. The molecule has 0 aromatic heterocycles. The van der Waals surface area contributed by atoms with Gasteiger partial charge in [-0.3, -0.25) is 14.8 Å². The van der Waals surface area contributed by atoms with Crippen LogP contribution in [0.3, 0.4) is 0 Å². The summed E-state index contributed by atoms with van der Waals surface area (Å²) in [5.41, 5.74) is -0.599. The topological polar surface area (TPSA) is 119 Å². The smallest absolute Gasteiger partial charge is 0.410 e. The average Bonchev–Trinajstić information content (AvgIpc) is 2.89. The molecule has 4 amide bonds. The molecule has 3 atom stereocenters. The monoisotopic (exact) mass is 410 g/mol. The molecule has 3 aliphatic heterocycles. The van der Waals surface area contributed by atoms with Crippen LogP contribution in [0.1, 0.15) is 46.5 Å². The number of amides is 4. The second kappa shape index (κ2) is 8.17. The number of rotatable bonds is 4. The van der Waals surface area contributed by atoms with E-state index in [0.29, 0.717) is 43.8 Å². The minimum absolute atomic E-state index is 0.142. The van der Waals surface area contributed by atoms with Crippen LogP contribution in [-0.2, 0) is 14.3 Å². The minimum Gasteiger partial charge on any atom is -0.444 e. The molecule has 2 N–H and O–H groups in total. The largest absolute Gasteiger partial charge is 0.444 e. The fraction of sp³-hybridized carbons (Fsp3) is 0.789. The summed E-state index contributed by atoms with van der Waals surface area (Å²) < 4.78 is 5.37. The number of hydrogen-bond donors (Lipinski definition) is 2. The number of urea groups is 1. The molecule has 10 nitrogen and oxygen atoms in total. The van der Waals surface area contributed by atoms with Crippen LogP contribution >= 0.6 is 0 Å². The van der Waals surface area contributed by atoms with Gasteiger partial charge in [0.15, 0.2) is 5.78 Å². The van der Waals surface area contributed by atoms with Crippen molar-refractivity contribution in [3.05, 3.63) is 0 Å². The molecule has 3 heterocycles. The Morgan fingerprint density at radius 2 is 1.90 bits per heavy atom. The first-order valence-electron chi connectivity index (χ1n) is 10.1. The summed E-state index contributed by atoms with van der Waals surface area (Å²) in [6, 6.07) is -1.51. The predicted molar refractivity (Wildman–Crippen MR) is 101 cm³/mol. The molecule has 0 aromatic carbocycles. The molecule has 3 fully saturated rings. The zero-order valence-corrected chi connectivity index (χ0v) is 17.2. The molecule has 0 aliphatic carbocycles. The van der Waals surface area contributed by atoms with E-state index in [0.717, 1.165) is 0 Å². The van der Waals surface area contributed by atoms with Gasteiger partial charge in [0, 0.05) is 25.6 Å². The molecule has 10 heteroatoms. The van der Waals surface area contributed by atoms with E-state index in [-0.39, 0.29) is 36.7 Å². The second-order valence-electron chi connectivity index (χ2n) is 8.98. The van der Waals surface area contributed by atoms with Gasteiger partial charge < -0.3 is 19.9 Å². The SMILES string of the molecule is CC(C)(C)OC(=O)N1CCC[C@@H](C(=O)CNC(=O)[C@@H]2CC[C@@H]3CN2C(=O)N3O)C1. The van der Waals surface area contributed by atoms with E-state index in [2.05, 4.69) is 5.32 Å². The van der Waals surface area contributed by atoms with E-state index in [4.69, 9.17) is 4.74 Å². The molecule has 0 saturated carbocycles. The maximum Gasteiger partial charge on any atom is 0.410 e. The van der Waals surface area contributed by atoms with Crippen molar-refractivity contribution in [2.45, 2.75) is 64.1 Å². The third-order valence-electron chi connectivity index (χ3n) is 5.61. The molecule has 2 bridgehead atoms. The van der Waals surface area contributed by atoms with Crippen molar-refractivity contribution in [3.8, 4) is 0 Å². The quantitative estimate of drug-likeness (QED) is 0.667. The summed E-state index contributed by atoms with van der Waals surface area (Å²) in [4.78, 5) is 52.2. The van der Waals surface area contributed by atoms with Gasteiger partial charge in [-0.2, -0.15) is 0 Å². The Morgan fingerprint density at radius 3 is 2.59 bits per heavy atom. The molecule has 0 spiro atoms. The van der Waals surface area contributed by atoms with Crippen LogP contribution in [0.2, 0.25) is 0 Å². The van der Waals surface area contributed by atoms with E-state index in [1.807, 2.05) is 0 Å². The Balaban J connectivity index is 1.49. The first-order valence-corrected chi connectivity index (χ1v) is 10.1. The Bertz CT molecular complexity index is 691. The Labute approximate surface area is 170 Å². The molecular weight excluding hydrogens is 380 g/mol. The standard InChI is InChI=1S/C19H30N4O6/c1-19(2,3)29-18(27)21-8-4-5-12(10-21)15(24)9-20-16(25)14-7-6-13-11-22(14)17(26)23(13)28/h12-14,28H,4-11H2,1-3H3,(H,20,25)/t12-,13-,14+/m1/s1. The third kappa shape index (κ3) is 4.80. The molecule has 0 radical (unpaired) electrons. The molecule has 3 aliphatic rings. The predicted octanol–water partition coefficient (Wildman–Crippen LogP) is 0.977. The number of piperidine rings is 2. The van der Waals surface area contributed by atoms with Gasteiger partial charge in [0.1, 0.15) is 11.6 Å². The van der Waals surface area contributed by atoms with Crippen molar-refractivity contribution in [1.82, 2.24) is 20.2 Å². The average molecular weight is 410 g/mol. The lowest BCUT2D eigenvalue weighted by Crippen LogP contribution is -2.51. The fourth-order valence-electron chi connectivity index (χ4n) is 4.09. The van der Waals surface area contributed by atoms with Crippen LogP contribution in [0, 0.1) is 5.92 Å². The normalized spacial score (nSPS) is 27.1. The van der Waals surface area contributed by atoms with Crippen LogP contribution in [0.5, 0.6) is 0 Å². The summed E-state index contributed by atoms with van der Waals surface area (Å²) in [7, 11) is 0. The number of nitrogens with zero attached hydrogens (tertiary/aromatic N) is 3. The van der Waals surface area contributed by atoms with Gasteiger partial charge in [0.05, 0.1) is 12.6 Å². The molecule has 29 heavy (non-hydrogen) atoms. The molecule has 3 rings (SSSR count). The molecule has 162 valence electrons. The molecule has 3 saturated heterocycles.